The Morgan fingerprint density at radius 1 is 1.43 bits per heavy atom. The molecular weight excluding hydrogens is 270 g/mol. The summed E-state index contributed by atoms with van der Waals surface area (Å²) in [4.78, 5) is 14.3. The minimum Gasteiger partial charge on any atom is -0.408 e. The van der Waals surface area contributed by atoms with Gasteiger partial charge in [0.05, 0.1) is 6.54 Å². The van der Waals surface area contributed by atoms with E-state index in [0.717, 1.165) is 32.6 Å². The zero-order valence-electron chi connectivity index (χ0n) is 12.9. The molecule has 1 aliphatic heterocycles. The summed E-state index contributed by atoms with van der Waals surface area (Å²) in [7, 11) is 0. The van der Waals surface area contributed by atoms with Crippen molar-refractivity contribution in [3.05, 3.63) is 5.89 Å². The summed E-state index contributed by atoms with van der Waals surface area (Å²) in [6, 6.07) is 0.177. The lowest BCUT2D eigenvalue weighted by atomic mass is 9.97. The highest BCUT2D eigenvalue weighted by atomic mass is 16.4. The zero-order valence-corrected chi connectivity index (χ0v) is 12.9. The first kappa shape index (κ1) is 15.9. The summed E-state index contributed by atoms with van der Waals surface area (Å²) in [6.45, 7) is 8.28. The predicted molar refractivity (Wildman–Crippen MR) is 80.0 cm³/mol. The van der Waals surface area contributed by atoms with Crippen LogP contribution in [0.5, 0.6) is 0 Å². The molecule has 0 spiro atoms. The van der Waals surface area contributed by atoms with Crippen molar-refractivity contribution in [2.75, 3.05) is 38.0 Å². The van der Waals surface area contributed by atoms with E-state index in [1.54, 1.807) is 6.92 Å². The number of rotatable bonds is 7. The van der Waals surface area contributed by atoms with Crippen LogP contribution in [0, 0.1) is 12.8 Å². The number of nitrogens with one attached hydrogen (secondary N) is 2. The molecule has 2 rings (SSSR count). The van der Waals surface area contributed by atoms with Crippen molar-refractivity contribution in [3.8, 4) is 0 Å². The summed E-state index contributed by atoms with van der Waals surface area (Å²) < 4.78 is 5.16. The Morgan fingerprint density at radius 2 is 2.19 bits per heavy atom. The first-order valence-electron chi connectivity index (χ1n) is 7.70. The smallest absolute Gasteiger partial charge is 0.322 e. The van der Waals surface area contributed by atoms with E-state index in [1.165, 1.54) is 12.8 Å². The average Bonchev–Trinajstić information content (AvgIpc) is 2.85. The van der Waals surface area contributed by atoms with Gasteiger partial charge < -0.3 is 9.73 Å². The molecule has 0 unspecified atom stereocenters. The van der Waals surface area contributed by atoms with Gasteiger partial charge in [0, 0.05) is 13.5 Å². The lowest BCUT2D eigenvalue weighted by molar-refractivity contribution is -0.117. The Bertz CT molecular complexity index is 442. The second kappa shape index (κ2) is 8.09. The van der Waals surface area contributed by atoms with Crippen molar-refractivity contribution in [1.82, 2.24) is 20.4 Å². The van der Waals surface area contributed by atoms with E-state index in [2.05, 4.69) is 32.7 Å². The summed E-state index contributed by atoms with van der Waals surface area (Å²) >= 11 is 0. The number of hydrogen-bond acceptors (Lipinski definition) is 6. The van der Waals surface area contributed by atoms with Gasteiger partial charge in [-0.1, -0.05) is 12.0 Å². The number of amides is 1. The van der Waals surface area contributed by atoms with Gasteiger partial charge in [-0.2, -0.15) is 0 Å². The quantitative estimate of drug-likeness (QED) is 0.781. The maximum Gasteiger partial charge on any atom is 0.322 e. The van der Waals surface area contributed by atoms with Gasteiger partial charge >= 0.3 is 6.01 Å². The fourth-order valence-electron chi connectivity index (χ4n) is 2.69. The van der Waals surface area contributed by atoms with Crippen LogP contribution in [0.25, 0.3) is 0 Å². The van der Waals surface area contributed by atoms with E-state index in [0.29, 0.717) is 18.4 Å². The predicted octanol–water partition coefficient (Wildman–Crippen LogP) is 1.03. The van der Waals surface area contributed by atoms with Crippen molar-refractivity contribution in [3.63, 3.8) is 0 Å². The van der Waals surface area contributed by atoms with E-state index < -0.39 is 0 Å². The standard InChI is InChI=1S/C14H25N5O2/c1-3-8-19(9-12-4-6-15-7-5-12)10-13(20)16-14-18-17-11(2)21-14/h12,15H,3-10H2,1-2H3,(H,16,18,20). The Balaban J connectivity index is 1.81. The molecule has 1 aromatic rings. The highest BCUT2D eigenvalue weighted by Gasteiger charge is 2.19. The van der Waals surface area contributed by atoms with Crippen LogP contribution >= 0.6 is 0 Å². The van der Waals surface area contributed by atoms with Crippen molar-refractivity contribution < 1.29 is 9.21 Å². The van der Waals surface area contributed by atoms with Crippen LogP contribution < -0.4 is 10.6 Å². The molecule has 7 heteroatoms. The topological polar surface area (TPSA) is 83.3 Å². The molecule has 2 heterocycles. The van der Waals surface area contributed by atoms with Crippen molar-refractivity contribution in [1.29, 1.82) is 0 Å². The van der Waals surface area contributed by atoms with Crippen LogP contribution in [0.3, 0.4) is 0 Å². The van der Waals surface area contributed by atoms with Gasteiger partial charge in [0.2, 0.25) is 11.8 Å². The molecule has 0 bridgehead atoms. The number of piperidine rings is 1. The number of aryl methyl sites for hydroxylation is 1. The molecule has 0 aromatic carbocycles. The third-order valence-corrected chi connectivity index (χ3v) is 3.65. The Kier molecular flexibility index (Phi) is 6.13. The largest absolute Gasteiger partial charge is 0.408 e. The van der Waals surface area contributed by atoms with Crippen molar-refractivity contribution in [2.24, 2.45) is 5.92 Å². The van der Waals surface area contributed by atoms with Gasteiger partial charge in [-0.3, -0.25) is 15.0 Å². The maximum absolute atomic E-state index is 12.1. The Labute approximate surface area is 125 Å². The molecule has 1 aliphatic rings. The fraction of sp³-hybridized carbons (Fsp3) is 0.786. The number of anilines is 1. The molecule has 1 fully saturated rings. The Morgan fingerprint density at radius 3 is 2.81 bits per heavy atom. The van der Waals surface area contributed by atoms with Gasteiger partial charge in [-0.15, -0.1) is 5.10 Å². The Hall–Kier alpha value is -1.47. The number of carbonyl (C=O) groups excluding carboxylic acids is 1. The van der Waals surface area contributed by atoms with E-state index in [4.69, 9.17) is 4.42 Å². The molecule has 2 N–H and O–H groups in total. The van der Waals surface area contributed by atoms with E-state index >= 15 is 0 Å². The van der Waals surface area contributed by atoms with E-state index in [9.17, 15) is 4.79 Å². The second-order valence-corrected chi connectivity index (χ2v) is 5.60. The van der Waals surface area contributed by atoms with Gasteiger partial charge in [0.1, 0.15) is 0 Å². The summed E-state index contributed by atoms with van der Waals surface area (Å²) in [5, 5.41) is 13.5. The SMILES string of the molecule is CCCN(CC(=O)Nc1nnc(C)o1)CC1CCNCC1. The van der Waals surface area contributed by atoms with Gasteiger partial charge in [-0.05, 0) is 44.8 Å². The number of hydrogen-bond donors (Lipinski definition) is 2. The third kappa shape index (κ3) is 5.43. The molecular formula is C14H25N5O2. The highest BCUT2D eigenvalue weighted by Crippen LogP contribution is 2.14. The van der Waals surface area contributed by atoms with Crippen LogP contribution in [0.15, 0.2) is 4.42 Å². The number of aromatic nitrogens is 2. The molecule has 0 aliphatic carbocycles. The third-order valence-electron chi connectivity index (χ3n) is 3.65. The molecule has 0 saturated carbocycles. The molecule has 21 heavy (non-hydrogen) atoms. The lowest BCUT2D eigenvalue weighted by Gasteiger charge is -2.29. The maximum atomic E-state index is 12.1. The zero-order chi connectivity index (χ0) is 15.1. The summed E-state index contributed by atoms with van der Waals surface area (Å²) in [5.41, 5.74) is 0. The fourth-order valence-corrected chi connectivity index (χ4v) is 2.69. The van der Waals surface area contributed by atoms with Crippen LogP contribution in [0.1, 0.15) is 32.1 Å². The molecule has 0 radical (unpaired) electrons. The average molecular weight is 295 g/mol. The van der Waals surface area contributed by atoms with Crippen molar-refractivity contribution >= 4 is 11.9 Å². The number of nitrogens with zero attached hydrogens (tertiary/aromatic N) is 3. The molecule has 1 aromatic heterocycles. The lowest BCUT2D eigenvalue weighted by Crippen LogP contribution is -2.40. The van der Waals surface area contributed by atoms with Gasteiger partial charge in [-0.25, -0.2) is 0 Å². The van der Waals surface area contributed by atoms with Crippen LogP contribution in [0.4, 0.5) is 6.01 Å². The summed E-state index contributed by atoms with van der Waals surface area (Å²) in [6.07, 6.45) is 3.41. The molecule has 0 atom stereocenters. The van der Waals surface area contributed by atoms with Gasteiger partial charge in [0.25, 0.3) is 0 Å². The minimum atomic E-state index is -0.0963. The van der Waals surface area contributed by atoms with Crippen LogP contribution in [-0.4, -0.2) is 53.7 Å². The van der Waals surface area contributed by atoms with Crippen LogP contribution in [0.2, 0.25) is 0 Å². The molecule has 7 nitrogen and oxygen atoms in total. The van der Waals surface area contributed by atoms with E-state index in [1.807, 2.05) is 0 Å². The monoisotopic (exact) mass is 295 g/mol. The molecule has 1 saturated heterocycles. The van der Waals surface area contributed by atoms with Crippen LogP contribution in [-0.2, 0) is 4.79 Å². The normalized spacial score (nSPS) is 16.3. The molecule has 1 amide bonds. The first-order chi connectivity index (χ1) is 10.2. The second-order valence-electron chi connectivity index (χ2n) is 5.60. The summed E-state index contributed by atoms with van der Waals surface area (Å²) in [5.74, 6) is 1.03. The van der Waals surface area contributed by atoms with E-state index in [-0.39, 0.29) is 11.9 Å². The minimum absolute atomic E-state index is 0.0963. The number of carbonyl (C=O) groups is 1. The highest BCUT2D eigenvalue weighted by molar-refractivity contribution is 5.90. The molecule has 118 valence electrons. The van der Waals surface area contributed by atoms with Crippen molar-refractivity contribution in [2.45, 2.75) is 33.1 Å². The first-order valence-corrected chi connectivity index (χ1v) is 7.70. The van der Waals surface area contributed by atoms with Gasteiger partial charge in [0.15, 0.2) is 0 Å².